The number of rotatable bonds is 6. The molecule has 1 N–H and O–H groups in total. The third-order valence-electron chi connectivity index (χ3n) is 4.04. The van der Waals surface area contributed by atoms with E-state index in [1.807, 2.05) is 23.1 Å². The molecule has 0 saturated carbocycles. The minimum atomic E-state index is 0.137. The number of carbonyl (C=O) groups excluding carboxylic acids is 1. The SMILES string of the molecule is CCCNc1nnc(SCC(=O)N2c3ccccc3CC[C@H]2C)s1. The zero-order valence-electron chi connectivity index (χ0n) is 14.0. The normalized spacial score (nSPS) is 16.8. The highest BCUT2D eigenvalue weighted by molar-refractivity contribution is 8.01. The largest absolute Gasteiger partial charge is 0.360 e. The van der Waals surface area contributed by atoms with Gasteiger partial charge in [0.25, 0.3) is 0 Å². The van der Waals surface area contributed by atoms with Gasteiger partial charge in [-0.1, -0.05) is 48.2 Å². The maximum Gasteiger partial charge on any atom is 0.237 e. The first-order valence-electron chi connectivity index (χ1n) is 8.29. The van der Waals surface area contributed by atoms with E-state index in [-0.39, 0.29) is 11.9 Å². The molecule has 7 heteroatoms. The molecule has 0 saturated heterocycles. The van der Waals surface area contributed by atoms with Crippen molar-refractivity contribution >= 4 is 39.8 Å². The maximum absolute atomic E-state index is 12.8. The molecule has 1 aliphatic rings. The van der Waals surface area contributed by atoms with Gasteiger partial charge in [0, 0.05) is 18.3 Å². The van der Waals surface area contributed by atoms with Crippen LogP contribution in [-0.2, 0) is 11.2 Å². The number of amides is 1. The summed E-state index contributed by atoms with van der Waals surface area (Å²) in [6.07, 6.45) is 3.10. The molecular formula is C17H22N4OS2. The van der Waals surface area contributed by atoms with E-state index in [9.17, 15) is 4.79 Å². The van der Waals surface area contributed by atoms with Gasteiger partial charge in [-0.2, -0.15) is 0 Å². The van der Waals surface area contributed by atoms with Crippen LogP contribution in [0.15, 0.2) is 28.6 Å². The number of aromatic nitrogens is 2. The zero-order chi connectivity index (χ0) is 16.9. The number of nitrogens with one attached hydrogen (secondary N) is 1. The average molecular weight is 363 g/mol. The van der Waals surface area contributed by atoms with Gasteiger partial charge < -0.3 is 10.2 Å². The Hall–Kier alpha value is -1.60. The summed E-state index contributed by atoms with van der Waals surface area (Å²) in [7, 11) is 0. The van der Waals surface area contributed by atoms with Gasteiger partial charge in [-0.3, -0.25) is 4.79 Å². The summed E-state index contributed by atoms with van der Waals surface area (Å²) in [4.78, 5) is 14.7. The van der Waals surface area contributed by atoms with Crippen molar-refractivity contribution in [2.45, 2.75) is 43.5 Å². The van der Waals surface area contributed by atoms with Crippen LogP contribution in [0.1, 0.15) is 32.3 Å². The first-order chi connectivity index (χ1) is 11.7. The molecule has 0 bridgehead atoms. The van der Waals surface area contributed by atoms with Crippen LogP contribution in [0, 0.1) is 0 Å². The summed E-state index contributed by atoms with van der Waals surface area (Å²) in [6.45, 7) is 5.12. The molecule has 3 rings (SSSR count). The molecule has 0 fully saturated rings. The Balaban J connectivity index is 1.63. The summed E-state index contributed by atoms with van der Waals surface area (Å²) in [5.41, 5.74) is 2.32. The third kappa shape index (κ3) is 3.89. The molecule has 128 valence electrons. The van der Waals surface area contributed by atoms with E-state index in [4.69, 9.17) is 0 Å². The Morgan fingerprint density at radius 3 is 3.08 bits per heavy atom. The van der Waals surface area contributed by atoms with E-state index < -0.39 is 0 Å². The van der Waals surface area contributed by atoms with Crippen molar-refractivity contribution in [1.82, 2.24) is 10.2 Å². The molecule has 24 heavy (non-hydrogen) atoms. The number of anilines is 2. The lowest BCUT2D eigenvalue weighted by Gasteiger charge is -2.35. The standard InChI is InChI=1S/C17H22N4OS2/c1-3-10-18-16-19-20-17(24-16)23-11-15(22)21-12(2)8-9-13-6-4-5-7-14(13)21/h4-7,12H,3,8-11H2,1-2H3,(H,18,19)/t12-/m1/s1. The predicted molar refractivity (Wildman–Crippen MR) is 101 cm³/mol. The number of benzene rings is 1. The Morgan fingerprint density at radius 1 is 1.42 bits per heavy atom. The molecule has 2 heterocycles. The number of hydrogen-bond acceptors (Lipinski definition) is 6. The van der Waals surface area contributed by atoms with Crippen molar-refractivity contribution in [3.05, 3.63) is 29.8 Å². The highest BCUT2D eigenvalue weighted by Crippen LogP contribution is 2.32. The number of thioether (sulfide) groups is 1. The van der Waals surface area contributed by atoms with Crippen LogP contribution >= 0.6 is 23.1 Å². The number of hydrogen-bond donors (Lipinski definition) is 1. The van der Waals surface area contributed by atoms with Crippen LogP contribution in [-0.4, -0.2) is 34.4 Å². The maximum atomic E-state index is 12.8. The Morgan fingerprint density at radius 2 is 2.25 bits per heavy atom. The van der Waals surface area contributed by atoms with Crippen molar-refractivity contribution in [3.63, 3.8) is 0 Å². The minimum Gasteiger partial charge on any atom is -0.360 e. The van der Waals surface area contributed by atoms with Gasteiger partial charge in [0.15, 0.2) is 4.34 Å². The van der Waals surface area contributed by atoms with Crippen molar-refractivity contribution < 1.29 is 4.79 Å². The summed E-state index contributed by atoms with van der Waals surface area (Å²) in [6, 6.07) is 8.44. The quantitative estimate of drug-likeness (QED) is 0.792. The molecule has 0 radical (unpaired) electrons. The van der Waals surface area contributed by atoms with Crippen molar-refractivity contribution in [2.24, 2.45) is 0 Å². The first kappa shape index (κ1) is 17.2. The second-order valence-corrected chi connectivity index (χ2v) is 8.07. The van der Waals surface area contributed by atoms with E-state index >= 15 is 0 Å². The van der Waals surface area contributed by atoms with Gasteiger partial charge in [-0.15, -0.1) is 10.2 Å². The average Bonchev–Trinajstić information content (AvgIpc) is 3.05. The van der Waals surface area contributed by atoms with Gasteiger partial charge in [-0.05, 0) is 37.8 Å². The highest BCUT2D eigenvalue weighted by Gasteiger charge is 2.27. The smallest absolute Gasteiger partial charge is 0.237 e. The molecule has 1 aliphatic heterocycles. The topological polar surface area (TPSA) is 58.1 Å². The molecule has 1 atom stereocenters. The molecule has 5 nitrogen and oxygen atoms in total. The third-order valence-corrected chi connectivity index (χ3v) is 6.04. The van der Waals surface area contributed by atoms with Crippen molar-refractivity contribution in [2.75, 3.05) is 22.5 Å². The van der Waals surface area contributed by atoms with Gasteiger partial charge in [0.05, 0.1) is 5.75 Å². The Labute approximate surface area is 150 Å². The lowest BCUT2D eigenvalue weighted by Crippen LogP contribution is -2.43. The number of carbonyl (C=O) groups is 1. The summed E-state index contributed by atoms with van der Waals surface area (Å²) >= 11 is 2.97. The van der Waals surface area contributed by atoms with Gasteiger partial charge in [0.1, 0.15) is 0 Å². The van der Waals surface area contributed by atoms with E-state index in [2.05, 4.69) is 35.4 Å². The molecule has 1 aromatic heterocycles. The monoisotopic (exact) mass is 362 g/mol. The fourth-order valence-corrected chi connectivity index (χ4v) is 4.47. The number of fused-ring (bicyclic) bond motifs is 1. The first-order valence-corrected chi connectivity index (χ1v) is 10.1. The van der Waals surface area contributed by atoms with Crippen LogP contribution in [0.25, 0.3) is 0 Å². The second-order valence-electron chi connectivity index (χ2n) is 5.87. The van der Waals surface area contributed by atoms with Crippen LogP contribution in [0.5, 0.6) is 0 Å². The number of para-hydroxylation sites is 1. The van der Waals surface area contributed by atoms with E-state index in [1.54, 1.807) is 0 Å². The highest BCUT2D eigenvalue weighted by atomic mass is 32.2. The van der Waals surface area contributed by atoms with E-state index in [1.165, 1.54) is 28.7 Å². The molecule has 0 unspecified atom stereocenters. The Kier molecular flexibility index (Phi) is 5.73. The molecular weight excluding hydrogens is 340 g/mol. The predicted octanol–water partition coefficient (Wildman–Crippen LogP) is 3.82. The fraction of sp³-hybridized carbons (Fsp3) is 0.471. The van der Waals surface area contributed by atoms with Crippen LogP contribution < -0.4 is 10.2 Å². The lowest BCUT2D eigenvalue weighted by atomic mass is 9.97. The molecule has 0 spiro atoms. The molecule has 1 aromatic carbocycles. The number of nitrogens with zero attached hydrogens (tertiary/aromatic N) is 3. The minimum absolute atomic E-state index is 0.137. The summed E-state index contributed by atoms with van der Waals surface area (Å²) in [5.74, 6) is 0.527. The molecule has 1 amide bonds. The van der Waals surface area contributed by atoms with Gasteiger partial charge in [-0.25, -0.2) is 0 Å². The summed E-state index contributed by atoms with van der Waals surface area (Å²) in [5, 5.41) is 12.3. The van der Waals surface area contributed by atoms with Crippen LogP contribution in [0.2, 0.25) is 0 Å². The van der Waals surface area contributed by atoms with E-state index in [0.717, 1.165) is 41.0 Å². The van der Waals surface area contributed by atoms with Crippen molar-refractivity contribution in [1.29, 1.82) is 0 Å². The van der Waals surface area contributed by atoms with Crippen LogP contribution in [0.4, 0.5) is 10.8 Å². The molecule has 0 aliphatic carbocycles. The fourth-order valence-electron chi connectivity index (χ4n) is 2.83. The second kappa shape index (κ2) is 7.98. The lowest BCUT2D eigenvalue weighted by molar-refractivity contribution is -0.116. The molecule has 2 aromatic rings. The summed E-state index contributed by atoms with van der Waals surface area (Å²) < 4.78 is 0.833. The zero-order valence-corrected chi connectivity index (χ0v) is 15.6. The van der Waals surface area contributed by atoms with Gasteiger partial charge in [0.2, 0.25) is 11.0 Å². The number of aryl methyl sites for hydroxylation is 1. The van der Waals surface area contributed by atoms with E-state index in [0.29, 0.717) is 5.75 Å². The Bertz CT molecular complexity index is 703. The van der Waals surface area contributed by atoms with Crippen LogP contribution in [0.3, 0.4) is 0 Å². The van der Waals surface area contributed by atoms with Gasteiger partial charge >= 0.3 is 0 Å². The van der Waals surface area contributed by atoms with Crippen molar-refractivity contribution in [3.8, 4) is 0 Å².